The predicted molar refractivity (Wildman–Crippen MR) is 128 cm³/mol. The van der Waals surface area contributed by atoms with E-state index in [2.05, 4.69) is 59.2 Å². The molecule has 1 saturated carbocycles. The fourth-order valence-corrected chi connectivity index (χ4v) is 5.56. The van der Waals surface area contributed by atoms with Gasteiger partial charge in [-0.05, 0) is 43.4 Å². The molecule has 0 N–H and O–H groups in total. The molecule has 1 aromatic heterocycles. The minimum absolute atomic E-state index is 0.00283. The van der Waals surface area contributed by atoms with E-state index in [0.717, 1.165) is 61.8 Å². The third kappa shape index (κ3) is 5.57. The fraction of sp³-hybridized carbons (Fsp3) is 0.708. The maximum atomic E-state index is 13.9. The molecule has 1 aromatic carbocycles. The van der Waals surface area contributed by atoms with Crippen molar-refractivity contribution in [2.45, 2.75) is 70.8 Å². The molecule has 0 spiro atoms. The van der Waals surface area contributed by atoms with Gasteiger partial charge in [-0.1, -0.05) is 20.8 Å². The Bertz CT molecular complexity index is 921. The molecule has 1 unspecified atom stereocenters. The fourth-order valence-electron chi connectivity index (χ4n) is 4.69. The summed E-state index contributed by atoms with van der Waals surface area (Å²) < 4.78 is 40.0. The lowest BCUT2D eigenvalue weighted by Crippen LogP contribution is -2.33. The van der Waals surface area contributed by atoms with Gasteiger partial charge in [0.2, 0.25) is 5.92 Å². The zero-order chi connectivity index (χ0) is 22.9. The third-order valence-corrected chi connectivity index (χ3v) is 7.54. The number of rotatable bonds is 5. The van der Waals surface area contributed by atoms with Gasteiger partial charge in [0.05, 0.1) is 29.9 Å². The Morgan fingerprint density at radius 2 is 1.94 bits per heavy atom. The Morgan fingerprint density at radius 3 is 2.66 bits per heavy atom. The van der Waals surface area contributed by atoms with Gasteiger partial charge in [-0.3, -0.25) is 0 Å². The van der Waals surface area contributed by atoms with Crippen LogP contribution in [-0.2, 0) is 16.7 Å². The number of halogens is 2. The summed E-state index contributed by atoms with van der Waals surface area (Å²) in [5.74, 6) is -1.21. The van der Waals surface area contributed by atoms with Crippen LogP contribution in [0.3, 0.4) is 0 Å². The van der Waals surface area contributed by atoms with Gasteiger partial charge in [0.1, 0.15) is 5.82 Å². The highest BCUT2D eigenvalue weighted by molar-refractivity contribution is 7.98. The summed E-state index contributed by atoms with van der Waals surface area (Å²) in [5, 5.41) is 0. The van der Waals surface area contributed by atoms with Crippen molar-refractivity contribution in [3.8, 4) is 0 Å². The van der Waals surface area contributed by atoms with E-state index in [1.54, 1.807) is 12.1 Å². The molecule has 1 aliphatic carbocycles. The Hall–Kier alpha value is -1.38. The molecule has 32 heavy (non-hydrogen) atoms. The highest BCUT2D eigenvalue weighted by atomic mass is 32.2. The van der Waals surface area contributed by atoms with E-state index in [0.29, 0.717) is 12.8 Å². The lowest BCUT2D eigenvalue weighted by molar-refractivity contribution is -0.0149. The number of hydrogen-bond acceptors (Lipinski definition) is 5. The Morgan fingerprint density at radius 1 is 1.19 bits per heavy atom. The number of morpholine rings is 1. The number of fused-ring (bicyclic) bond motifs is 1. The number of alkyl halides is 2. The maximum absolute atomic E-state index is 13.9. The predicted octanol–water partition coefficient (Wildman–Crippen LogP) is 5.88. The lowest BCUT2D eigenvalue weighted by atomic mass is 9.94. The van der Waals surface area contributed by atoms with Gasteiger partial charge in [-0.2, -0.15) is 0 Å². The molecule has 4 rings (SSSR count). The Labute approximate surface area is 194 Å². The molecule has 178 valence electrons. The van der Waals surface area contributed by atoms with Crippen molar-refractivity contribution < 1.29 is 13.5 Å². The third-order valence-electron chi connectivity index (χ3n) is 6.49. The van der Waals surface area contributed by atoms with Crippen LogP contribution in [0.15, 0.2) is 18.2 Å². The second kappa shape index (κ2) is 9.47. The Kier molecular flexibility index (Phi) is 7.03. The van der Waals surface area contributed by atoms with Crippen LogP contribution in [0.4, 0.5) is 14.5 Å². The Balaban J connectivity index is 1.58. The number of aromatic nitrogens is 2. The van der Waals surface area contributed by atoms with Crippen LogP contribution < -0.4 is 4.31 Å². The van der Waals surface area contributed by atoms with E-state index in [4.69, 9.17) is 9.72 Å². The maximum Gasteiger partial charge on any atom is 0.248 e. The SMILES string of the molecule is CN(SN1CCOCC1)c1ccc2c(c1)nc(C(C)(C)C)n2CC1CCCC(F)(F)CC1. The summed E-state index contributed by atoms with van der Waals surface area (Å²) >= 11 is 1.71. The van der Waals surface area contributed by atoms with Gasteiger partial charge in [0, 0.05) is 57.1 Å². The lowest BCUT2D eigenvalue weighted by Gasteiger charge is -2.29. The largest absolute Gasteiger partial charge is 0.379 e. The number of nitrogens with zero attached hydrogens (tertiary/aromatic N) is 4. The first-order valence-electron chi connectivity index (χ1n) is 11.8. The minimum Gasteiger partial charge on any atom is -0.379 e. The van der Waals surface area contributed by atoms with Gasteiger partial charge in [0.15, 0.2) is 0 Å². The molecule has 1 saturated heterocycles. The molecule has 0 radical (unpaired) electrons. The molecule has 2 aromatic rings. The highest BCUT2D eigenvalue weighted by Gasteiger charge is 2.33. The zero-order valence-electron chi connectivity index (χ0n) is 19.7. The molecule has 1 aliphatic heterocycles. The number of imidazole rings is 1. The van der Waals surface area contributed by atoms with E-state index in [9.17, 15) is 8.78 Å². The first-order valence-corrected chi connectivity index (χ1v) is 12.5. The molecule has 2 heterocycles. The average molecular weight is 467 g/mol. The minimum atomic E-state index is -2.50. The normalized spacial score (nSPS) is 22.8. The van der Waals surface area contributed by atoms with Crippen molar-refractivity contribution in [3.63, 3.8) is 0 Å². The van der Waals surface area contributed by atoms with Gasteiger partial charge in [-0.15, -0.1) is 0 Å². The van der Waals surface area contributed by atoms with Crippen LogP contribution in [-0.4, -0.2) is 53.1 Å². The molecule has 0 amide bonds. The number of ether oxygens (including phenoxy) is 1. The summed E-state index contributed by atoms with van der Waals surface area (Å²) in [5.41, 5.74) is 3.05. The van der Waals surface area contributed by atoms with Crippen LogP contribution in [0.1, 0.15) is 58.7 Å². The van der Waals surface area contributed by atoms with E-state index in [-0.39, 0.29) is 24.2 Å². The van der Waals surface area contributed by atoms with Crippen molar-refractivity contribution in [1.29, 1.82) is 0 Å². The smallest absolute Gasteiger partial charge is 0.248 e. The summed E-state index contributed by atoms with van der Waals surface area (Å²) in [4.78, 5) is 5.04. The standard InChI is InChI=1S/C24H36F2N4OS/c1-23(2,3)22-27-20-16-19(28(4)32-29-12-14-31-15-13-29)7-8-21(20)30(22)17-18-6-5-10-24(25,26)11-9-18/h7-8,16,18H,5-6,9-15,17H2,1-4H3. The number of benzene rings is 1. The molecule has 5 nitrogen and oxygen atoms in total. The molecular weight excluding hydrogens is 430 g/mol. The average Bonchev–Trinajstić information content (AvgIpc) is 3.01. The summed E-state index contributed by atoms with van der Waals surface area (Å²) in [6.45, 7) is 10.7. The molecule has 1 atom stereocenters. The number of anilines is 1. The van der Waals surface area contributed by atoms with Gasteiger partial charge < -0.3 is 13.6 Å². The first-order chi connectivity index (χ1) is 15.1. The van der Waals surface area contributed by atoms with Crippen LogP contribution in [0, 0.1) is 5.92 Å². The van der Waals surface area contributed by atoms with Crippen LogP contribution in [0.5, 0.6) is 0 Å². The van der Waals surface area contributed by atoms with Crippen molar-refractivity contribution in [2.24, 2.45) is 5.92 Å². The van der Waals surface area contributed by atoms with Crippen molar-refractivity contribution in [2.75, 3.05) is 37.7 Å². The van der Waals surface area contributed by atoms with Crippen molar-refractivity contribution >= 4 is 28.9 Å². The van der Waals surface area contributed by atoms with Crippen molar-refractivity contribution in [1.82, 2.24) is 13.9 Å². The second-order valence-corrected chi connectivity index (χ2v) is 11.5. The van der Waals surface area contributed by atoms with Crippen LogP contribution in [0.2, 0.25) is 0 Å². The summed E-state index contributed by atoms with van der Waals surface area (Å²) in [7, 11) is 2.08. The first kappa shape index (κ1) is 23.8. The zero-order valence-corrected chi connectivity index (χ0v) is 20.6. The van der Waals surface area contributed by atoms with E-state index < -0.39 is 5.92 Å². The molecule has 0 bridgehead atoms. The number of hydrogen-bond donors (Lipinski definition) is 0. The van der Waals surface area contributed by atoms with Gasteiger partial charge >= 0.3 is 0 Å². The van der Waals surface area contributed by atoms with Gasteiger partial charge in [0.25, 0.3) is 0 Å². The molecule has 2 aliphatic rings. The van der Waals surface area contributed by atoms with Gasteiger partial charge in [-0.25, -0.2) is 18.1 Å². The molecule has 2 fully saturated rings. The van der Waals surface area contributed by atoms with E-state index in [1.807, 2.05) is 0 Å². The summed E-state index contributed by atoms with van der Waals surface area (Å²) in [6.07, 6.45) is 2.06. The molecular formula is C24H36F2N4OS. The summed E-state index contributed by atoms with van der Waals surface area (Å²) in [6, 6.07) is 6.44. The van der Waals surface area contributed by atoms with Crippen LogP contribution in [0.25, 0.3) is 11.0 Å². The molecule has 8 heteroatoms. The quantitative estimate of drug-likeness (QED) is 0.406. The topological polar surface area (TPSA) is 33.5 Å². The van der Waals surface area contributed by atoms with Crippen LogP contribution >= 0.6 is 12.1 Å². The highest BCUT2D eigenvalue weighted by Crippen LogP contribution is 2.37. The second-order valence-electron chi connectivity index (χ2n) is 10.2. The monoisotopic (exact) mass is 466 g/mol. The van der Waals surface area contributed by atoms with E-state index >= 15 is 0 Å². The van der Waals surface area contributed by atoms with E-state index in [1.165, 1.54) is 0 Å². The van der Waals surface area contributed by atoms with Crippen molar-refractivity contribution in [3.05, 3.63) is 24.0 Å².